The van der Waals surface area contributed by atoms with E-state index in [0.717, 1.165) is 18.8 Å². The zero-order valence-electron chi connectivity index (χ0n) is 6.34. The zero-order chi connectivity index (χ0) is 6.69. The van der Waals surface area contributed by atoms with E-state index in [1.165, 1.54) is 12.8 Å². The molecule has 0 saturated heterocycles. The Kier molecular flexibility index (Phi) is 4.45. The molecule has 1 unspecified atom stereocenters. The van der Waals surface area contributed by atoms with Gasteiger partial charge in [0.15, 0.2) is 0 Å². The van der Waals surface area contributed by atoms with E-state index in [0.29, 0.717) is 5.92 Å². The summed E-state index contributed by atoms with van der Waals surface area (Å²) in [7, 11) is 0. The molecule has 0 aromatic carbocycles. The van der Waals surface area contributed by atoms with E-state index >= 15 is 0 Å². The van der Waals surface area contributed by atoms with E-state index in [4.69, 9.17) is 5.73 Å². The third kappa shape index (κ3) is 2.18. The van der Waals surface area contributed by atoms with E-state index in [2.05, 4.69) is 11.9 Å². The Morgan fingerprint density at radius 3 is 2.80 bits per heavy atom. The summed E-state index contributed by atoms with van der Waals surface area (Å²) >= 11 is 0. The van der Waals surface area contributed by atoms with Gasteiger partial charge in [0.1, 0.15) is 0 Å². The Morgan fingerprint density at radius 1 is 1.70 bits per heavy atom. The molecule has 0 aromatic heterocycles. The highest BCUT2D eigenvalue weighted by Gasteiger charge is 2.13. The number of aliphatic imine (C=N–C) groups is 1. The molecule has 0 aliphatic carbocycles. The van der Waals surface area contributed by atoms with Gasteiger partial charge in [-0.25, -0.2) is 0 Å². The molecule has 0 bridgehead atoms. The minimum atomic E-state index is 0. The van der Waals surface area contributed by atoms with Crippen LogP contribution in [0.2, 0.25) is 0 Å². The van der Waals surface area contributed by atoms with E-state index < -0.39 is 0 Å². The topological polar surface area (TPSA) is 38.4 Å². The predicted octanol–water partition coefficient (Wildman–Crippen LogP) is 1.59. The Hall–Kier alpha value is -0.240. The second-order valence-electron chi connectivity index (χ2n) is 2.55. The number of nitrogens with two attached hydrogens (primary N) is 1. The van der Waals surface area contributed by atoms with E-state index in [1.54, 1.807) is 0 Å². The quantitative estimate of drug-likeness (QED) is 0.625. The van der Waals surface area contributed by atoms with Gasteiger partial charge in [-0.05, 0) is 19.3 Å². The number of hydrogen-bond donors (Lipinski definition) is 1. The zero-order valence-corrected chi connectivity index (χ0v) is 7.16. The van der Waals surface area contributed by atoms with Gasteiger partial charge in [0.2, 0.25) is 0 Å². The maximum absolute atomic E-state index is 5.64. The van der Waals surface area contributed by atoms with Crippen molar-refractivity contribution in [3.8, 4) is 0 Å². The number of hydrogen-bond acceptors (Lipinski definition) is 2. The maximum atomic E-state index is 5.64. The standard InChI is InChI=1S/C7H14N2.ClH/c1-2-6-4-3-5-9-7(6)8;/h6H,2-5H2,1H3,(H2,8,9);1H. The van der Waals surface area contributed by atoms with Crippen molar-refractivity contribution in [2.75, 3.05) is 6.54 Å². The van der Waals surface area contributed by atoms with E-state index in [9.17, 15) is 0 Å². The highest BCUT2D eigenvalue weighted by Crippen LogP contribution is 2.14. The summed E-state index contributed by atoms with van der Waals surface area (Å²) in [4.78, 5) is 4.18. The number of nitrogens with zero attached hydrogens (tertiary/aromatic N) is 1. The Labute approximate surface area is 68.3 Å². The summed E-state index contributed by atoms with van der Waals surface area (Å²) in [5.74, 6) is 1.46. The Morgan fingerprint density at radius 2 is 2.40 bits per heavy atom. The van der Waals surface area contributed by atoms with Crippen LogP contribution in [-0.2, 0) is 0 Å². The van der Waals surface area contributed by atoms with Gasteiger partial charge in [-0.1, -0.05) is 6.92 Å². The summed E-state index contributed by atoms with van der Waals surface area (Å²) in [6.07, 6.45) is 3.61. The number of halogens is 1. The van der Waals surface area contributed by atoms with Crippen LogP contribution in [0.3, 0.4) is 0 Å². The van der Waals surface area contributed by atoms with Crippen molar-refractivity contribution in [3.63, 3.8) is 0 Å². The van der Waals surface area contributed by atoms with Gasteiger partial charge in [-0.15, -0.1) is 12.4 Å². The monoisotopic (exact) mass is 162 g/mol. The molecule has 3 heteroatoms. The summed E-state index contributed by atoms with van der Waals surface area (Å²) in [5, 5.41) is 0. The van der Waals surface area contributed by atoms with Crippen LogP contribution in [0.4, 0.5) is 0 Å². The average molecular weight is 163 g/mol. The average Bonchev–Trinajstić information content (AvgIpc) is 1.89. The van der Waals surface area contributed by atoms with Crippen LogP contribution in [0.1, 0.15) is 26.2 Å². The van der Waals surface area contributed by atoms with Crippen LogP contribution >= 0.6 is 12.4 Å². The largest absolute Gasteiger partial charge is 0.387 e. The first-order valence-electron chi connectivity index (χ1n) is 3.64. The minimum Gasteiger partial charge on any atom is -0.387 e. The molecule has 1 rings (SSSR count). The SMILES string of the molecule is CCC1CCCN=C1N.Cl. The van der Waals surface area contributed by atoms with Crippen LogP contribution in [-0.4, -0.2) is 12.4 Å². The van der Waals surface area contributed by atoms with Crippen LogP contribution in [0.25, 0.3) is 0 Å². The van der Waals surface area contributed by atoms with Gasteiger partial charge in [0, 0.05) is 12.5 Å². The van der Waals surface area contributed by atoms with Gasteiger partial charge >= 0.3 is 0 Å². The molecule has 10 heavy (non-hydrogen) atoms. The van der Waals surface area contributed by atoms with Crippen molar-refractivity contribution < 1.29 is 0 Å². The molecule has 60 valence electrons. The van der Waals surface area contributed by atoms with Gasteiger partial charge < -0.3 is 5.73 Å². The van der Waals surface area contributed by atoms with Crippen molar-refractivity contribution in [1.29, 1.82) is 0 Å². The Balaban J connectivity index is 0.000000810. The van der Waals surface area contributed by atoms with E-state index in [1.807, 2.05) is 0 Å². The number of amidine groups is 1. The molecule has 1 aliphatic rings. The first-order valence-corrected chi connectivity index (χ1v) is 3.64. The summed E-state index contributed by atoms with van der Waals surface area (Å²) < 4.78 is 0. The highest BCUT2D eigenvalue weighted by molar-refractivity contribution is 5.85. The van der Waals surface area contributed by atoms with Crippen molar-refractivity contribution >= 4 is 18.2 Å². The third-order valence-electron chi connectivity index (χ3n) is 1.92. The molecule has 0 amide bonds. The van der Waals surface area contributed by atoms with Crippen molar-refractivity contribution in [2.24, 2.45) is 16.6 Å². The third-order valence-corrected chi connectivity index (χ3v) is 1.92. The van der Waals surface area contributed by atoms with Crippen molar-refractivity contribution in [2.45, 2.75) is 26.2 Å². The normalized spacial score (nSPS) is 24.9. The first kappa shape index (κ1) is 9.76. The minimum absolute atomic E-state index is 0. The fourth-order valence-electron chi connectivity index (χ4n) is 1.24. The van der Waals surface area contributed by atoms with Crippen molar-refractivity contribution in [1.82, 2.24) is 0 Å². The van der Waals surface area contributed by atoms with Crippen LogP contribution in [0.5, 0.6) is 0 Å². The van der Waals surface area contributed by atoms with Crippen LogP contribution in [0, 0.1) is 5.92 Å². The molecule has 1 heterocycles. The molecule has 1 atom stereocenters. The van der Waals surface area contributed by atoms with Crippen LogP contribution < -0.4 is 5.73 Å². The molecule has 0 fully saturated rings. The number of rotatable bonds is 1. The predicted molar refractivity (Wildman–Crippen MR) is 46.8 cm³/mol. The highest BCUT2D eigenvalue weighted by atomic mass is 35.5. The second kappa shape index (κ2) is 4.56. The smallest absolute Gasteiger partial charge is 0.0968 e. The second-order valence-corrected chi connectivity index (χ2v) is 2.55. The summed E-state index contributed by atoms with van der Waals surface area (Å²) in [5.41, 5.74) is 5.64. The summed E-state index contributed by atoms with van der Waals surface area (Å²) in [6.45, 7) is 3.11. The Bertz CT molecular complexity index is 123. The van der Waals surface area contributed by atoms with Crippen molar-refractivity contribution in [3.05, 3.63) is 0 Å². The molecule has 2 nitrogen and oxygen atoms in total. The van der Waals surface area contributed by atoms with Gasteiger partial charge in [-0.2, -0.15) is 0 Å². The fraction of sp³-hybridized carbons (Fsp3) is 0.857. The molecule has 0 saturated carbocycles. The first-order chi connectivity index (χ1) is 4.34. The maximum Gasteiger partial charge on any atom is 0.0968 e. The molecule has 0 aromatic rings. The van der Waals surface area contributed by atoms with Crippen LogP contribution in [0.15, 0.2) is 4.99 Å². The lowest BCUT2D eigenvalue weighted by atomic mass is 9.97. The summed E-state index contributed by atoms with van der Waals surface area (Å²) in [6, 6.07) is 0. The van der Waals surface area contributed by atoms with Gasteiger partial charge in [0.05, 0.1) is 5.84 Å². The van der Waals surface area contributed by atoms with E-state index in [-0.39, 0.29) is 12.4 Å². The fourth-order valence-corrected chi connectivity index (χ4v) is 1.24. The molecule has 0 spiro atoms. The lowest BCUT2D eigenvalue weighted by Crippen LogP contribution is -2.26. The molecule has 2 N–H and O–H groups in total. The molecule has 0 radical (unpaired) electrons. The molecular weight excluding hydrogens is 148 g/mol. The van der Waals surface area contributed by atoms with Gasteiger partial charge in [0.25, 0.3) is 0 Å². The molecule has 1 aliphatic heterocycles. The lowest BCUT2D eigenvalue weighted by molar-refractivity contribution is 0.549. The lowest BCUT2D eigenvalue weighted by Gasteiger charge is -2.17. The van der Waals surface area contributed by atoms with Gasteiger partial charge in [-0.3, -0.25) is 4.99 Å². The molecular formula is C7H15ClN2.